The summed E-state index contributed by atoms with van der Waals surface area (Å²) in [6.07, 6.45) is 0.388. The van der Waals surface area contributed by atoms with Crippen LogP contribution in [0.15, 0.2) is 54.6 Å². The van der Waals surface area contributed by atoms with E-state index in [0.29, 0.717) is 17.9 Å². The molecule has 0 bridgehead atoms. The van der Waals surface area contributed by atoms with Crippen molar-refractivity contribution in [1.29, 1.82) is 0 Å². The molecule has 1 fully saturated rings. The second kappa shape index (κ2) is 9.23. The number of nitrogens with one attached hydrogen (secondary N) is 1. The molecular weight excluding hydrogens is 372 g/mol. The fraction of sp³-hybridized carbons (Fsp3) is 0.318. The van der Waals surface area contributed by atoms with Crippen LogP contribution in [0.4, 0.5) is 5.69 Å². The quantitative estimate of drug-likeness (QED) is 0.723. The maximum absolute atomic E-state index is 12.8. The van der Waals surface area contributed by atoms with Crippen molar-refractivity contribution >= 4 is 23.5 Å². The Labute approximate surface area is 169 Å². The van der Waals surface area contributed by atoms with Crippen LogP contribution < -0.4 is 15.0 Å². The van der Waals surface area contributed by atoms with Gasteiger partial charge in [0.15, 0.2) is 0 Å². The van der Waals surface area contributed by atoms with Gasteiger partial charge in [0.05, 0.1) is 25.8 Å². The topological polar surface area (TPSA) is 84.9 Å². The smallest absolute Gasteiger partial charge is 0.328 e. The fourth-order valence-corrected chi connectivity index (χ4v) is 3.44. The van der Waals surface area contributed by atoms with Gasteiger partial charge in [-0.2, -0.15) is 0 Å². The Morgan fingerprint density at radius 1 is 1.10 bits per heavy atom. The Morgan fingerprint density at radius 3 is 2.48 bits per heavy atom. The molecule has 0 aliphatic carbocycles. The number of carbonyl (C=O) groups excluding carboxylic acids is 3. The SMILES string of the molecule is COC(=O)C(Cc1ccccc1)NC(=O)C1CC(=O)N(c2ccccc2OC)C1. The average molecular weight is 396 g/mol. The Bertz CT molecular complexity index is 884. The van der Waals surface area contributed by atoms with Gasteiger partial charge >= 0.3 is 5.97 Å². The predicted octanol–water partition coefficient (Wildman–Crippen LogP) is 1.95. The van der Waals surface area contributed by atoms with Crippen LogP contribution in [-0.4, -0.2) is 44.6 Å². The lowest BCUT2D eigenvalue weighted by atomic mass is 10.0. The number of carbonyl (C=O) groups is 3. The first-order valence-electron chi connectivity index (χ1n) is 9.39. The number of nitrogens with zero attached hydrogens (tertiary/aromatic N) is 1. The number of anilines is 1. The minimum Gasteiger partial charge on any atom is -0.495 e. The molecule has 7 heteroatoms. The molecule has 0 aromatic heterocycles. The van der Waals surface area contributed by atoms with E-state index in [9.17, 15) is 14.4 Å². The van der Waals surface area contributed by atoms with E-state index >= 15 is 0 Å². The molecule has 2 unspecified atom stereocenters. The minimum atomic E-state index is -0.815. The molecule has 29 heavy (non-hydrogen) atoms. The van der Waals surface area contributed by atoms with Crippen molar-refractivity contribution in [1.82, 2.24) is 5.32 Å². The number of rotatable bonds is 7. The van der Waals surface area contributed by atoms with Crippen LogP contribution in [0.1, 0.15) is 12.0 Å². The molecule has 1 saturated heterocycles. The first-order chi connectivity index (χ1) is 14.0. The zero-order chi connectivity index (χ0) is 20.8. The summed E-state index contributed by atoms with van der Waals surface area (Å²) in [6.45, 7) is 0.226. The highest BCUT2D eigenvalue weighted by Crippen LogP contribution is 2.32. The number of hydrogen-bond acceptors (Lipinski definition) is 5. The van der Waals surface area contributed by atoms with E-state index in [4.69, 9.17) is 9.47 Å². The van der Waals surface area contributed by atoms with E-state index in [-0.39, 0.29) is 24.8 Å². The number of benzene rings is 2. The predicted molar refractivity (Wildman–Crippen MR) is 108 cm³/mol. The van der Waals surface area contributed by atoms with Crippen molar-refractivity contribution in [2.24, 2.45) is 5.92 Å². The highest BCUT2D eigenvalue weighted by molar-refractivity contribution is 6.01. The van der Waals surface area contributed by atoms with Gasteiger partial charge in [0.1, 0.15) is 11.8 Å². The zero-order valence-electron chi connectivity index (χ0n) is 16.5. The van der Waals surface area contributed by atoms with Crippen LogP contribution in [-0.2, 0) is 25.5 Å². The van der Waals surface area contributed by atoms with Crippen LogP contribution in [0.2, 0.25) is 0 Å². The summed E-state index contributed by atoms with van der Waals surface area (Å²) in [4.78, 5) is 39.1. The molecule has 3 rings (SSSR count). The first-order valence-corrected chi connectivity index (χ1v) is 9.39. The van der Waals surface area contributed by atoms with E-state index in [0.717, 1.165) is 5.56 Å². The van der Waals surface area contributed by atoms with Crippen LogP contribution in [0, 0.1) is 5.92 Å². The lowest BCUT2D eigenvalue weighted by Crippen LogP contribution is -2.46. The van der Waals surface area contributed by atoms with Gasteiger partial charge in [-0.1, -0.05) is 42.5 Å². The lowest BCUT2D eigenvalue weighted by molar-refractivity contribution is -0.145. The first kappa shape index (κ1) is 20.4. The third-order valence-corrected chi connectivity index (χ3v) is 4.96. The molecule has 2 aromatic rings. The number of methoxy groups -OCH3 is 2. The third-order valence-electron chi connectivity index (χ3n) is 4.96. The van der Waals surface area contributed by atoms with Gasteiger partial charge in [-0.3, -0.25) is 9.59 Å². The molecule has 1 aliphatic rings. The Balaban J connectivity index is 1.70. The minimum absolute atomic E-state index is 0.0725. The van der Waals surface area contributed by atoms with Crippen molar-refractivity contribution in [3.05, 3.63) is 60.2 Å². The molecule has 2 atom stereocenters. The molecule has 1 N–H and O–H groups in total. The molecule has 2 amide bonds. The van der Waals surface area contributed by atoms with Crippen LogP contribution in [0.3, 0.4) is 0 Å². The highest BCUT2D eigenvalue weighted by atomic mass is 16.5. The summed E-state index contributed by atoms with van der Waals surface area (Å²) in [5.41, 5.74) is 1.53. The molecule has 2 aromatic carbocycles. The van der Waals surface area contributed by atoms with Gasteiger partial charge in [0, 0.05) is 19.4 Å². The number of esters is 1. The van der Waals surface area contributed by atoms with Crippen molar-refractivity contribution in [3.8, 4) is 5.75 Å². The van der Waals surface area contributed by atoms with Gasteiger partial charge in [0.25, 0.3) is 0 Å². The molecule has 0 saturated carbocycles. The normalized spacial score (nSPS) is 17.0. The van der Waals surface area contributed by atoms with E-state index in [2.05, 4.69) is 5.32 Å². The highest BCUT2D eigenvalue weighted by Gasteiger charge is 2.37. The second-order valence-electron chi connectivity index (χ2n) is 6.85. The van der Waals surface area contributed by atoms with Gasteiger partial charge in [-0.15, -0.1) is 0 Å². The molecule has 152 valence electrons. The van der Waals surface area contributed by atoms with Crippen LogP contribution in [0.5, 0.6) is 5.75 Å². The summed E-state index contributed by atoms with van der Waals surface area (Å²) < 4.78 is 10.2. The monoisotopic (exact) mass is 396 g/mol. The Hall–Kier alpha value is -3.35. The third kappa shape index (κ3) is 4.74. The average Bonchev–Trinajstić information content (AvgIpc) is 3.15. The van der Waals surface area contributed by atoms with Gasteiger partial charge < -0.3 is 19.7 Å². The number of para-hydroxylation sites is 2. The fourth-order valence-electron chi connectivity index (χ4n) is 3.44. The molecular formula is C22H24N2O5. The molecule has 1 aliphatic heterocycles. The zero-order valence-corrected chi connectivity index (χ0v) is 16.5. The summed E-state index contributed by atoms with van der Waals surface area (Å²) in [5, 5.41) is 2.76. The van der Waals surface area contributed by atoms with E-state index < -0.39 is 17.9 Å². The summed E-state index contributed by atoms with van der Waals surface area (Å²) in [7, 11) is 2.82. The van der Waals surface area contributed by atoms with Gasteiger partial charge in [-0.05, 0) is 17.7 Å². The van der Waals surface area contributed by atoms with E-state index in [1.807, 2.05) is 42.5 Å². The maximum Gasteiger partial charge on any atom is 0.328 e. The molecule has 0 radical (unpaired) electrons. The van der Waals surface area contributed by atoms with Gasteiger partial charge in [0.2, 0.25) is 11.8 Å². The largest absolute Gasteiger partial charge is 0.495 e. The molecule has 0 spiro atoms. The summed E-state index contributed by atoms with van der Waals surface area (Å²) in [6, 6.07) is 15.7. The second-order valence-corrected chi connectivity index (χ2v) is 6.85. The van der Waals surface area contributed by atoms with Crippen molar-refractivity contribution in [2.45, 2.75) is 18.9 Å². The van der Waals surface area contributed by atoms with Crippen molar-refractivity contribution < 1.29 is 23.9 Å². The van der Waals surface area contributed by atoms with Crippen LogP contribution in [0.25, 0.3) is 0 Å². The number of ether oxygens (including phenoxy) is 2. The number of amides is 2. The Kier molecular flexibility index (Phi) is 6.49. The molecule has 1 heterocycles. The van der Waals surface area contributed by atoms with Gasteiger partial charge in [-0.25, -0.2) is 4.79 Å². The van der Waals surface area contributed by atoms with E-state index in [1.54, 1.807) is 17.0 Å². The van der Waals surface area contributed by atoms with Crippen molar-refractivity contribution in [3.63, 3.8) is 0 Å². The Morgan fingerprint density at radius 2 is 1.79 bits per heavy atom. The molecule has 7 nitrogen and oxygen atoms in total. The summed E-state index contributed by atoms with van der Waals surface area (Å²) in [5.74, 6) is -1.02. The number of hydrogen-bond donors (Lipinski definition) is 1. The summed E-state index contributed by atoms with van der Waals surface area (Å²) >= 11 is 0. The lowest BCUT2D eigenvalue weighted by Gasteiger charge is -2.21. The van der Waals surface area contributed by atoms with Crippen LogP contribution >= 0.6 is 0 Å². The standard InChI is InChI=1S/C22H24N2O5/c1-28-19-11-7-6-10-18(19)24-14-16(13-20(24)25)21(26)23-17(22(27)29-2)12-15-8-4-3-5-9-15/h3-11,16-17H,12-14H2,1-2H3,(H,23,26). The van der Waals surface area contributed by atoms with E-state index in [1.165, 1.54) is 14.2 Å². The van der Waals surface area contributed by atoms with Crippen molar-refractivity contribution in [2.75, 3.05) is 25.7 Å². The maximum atomic E-state index is 12.8.